The minimum atomic E-state index is 0.559. The van der Waals surface area contributed by atoms with E-state index >= 15 is 0 Å². The second kappa shape index (κ2) is 5.31. The van der Waals surface area contributed by atoms with Crippen LogP contribution in [-0.4, -0.2) is 25.8 Å². The van der Waals surface area contributed by atoms with Gasteiger partial charge in [0.2, 0.25) is 0 Å². The van der Waals surface area contributed by atoms with Crippen LogP contribution in [0.2, 0.25) is 0 Å². The molecular formula is C13H25NO. The summed E-state index contributed by atoms with van der Waals surface area (Å²) < 4.78 is 5.98. The van der Waals surface area contributed by atoms with E-state index in [2.05, 4.69) is 19.2 Å². The Morgan fingerprint density at radius 1 is 1.13 bits per heavy atom. The molecule has 2 rings (SSSR count). The Bertz CT molecular complexity index is 191. The topological polar surface area (TPSA) is 21.3 Å². The zero-order valence-electron chi connectivity index (χ0n) is 10.2. The molecule has 0 aromatic carbocycles. The largest absolute Gasteiger partial charge is 0.378 e. The lowest BCUT2D eigenvalue weighted by Crippen LogP contribution is -2.42. The normalized spacial score (nSPS) is 37.6. The van der Waals surface area contributed by atoms with Crippen molar-refractivity contribution in [2.24, 2.45) is 17.8 Å². The number of nitrogens with one attached hydrogen (secondary N) is 1. The SMILES string of the molecule is CC1CCC(OCCC2CNC2)CC1C. The van der Waals surface area contributed by atoms with Crippen LogP contribution in [0.15, 0.2) is 0 Å². The summed E-state index contributed by atoms with van der Waals surface area (Å²) >= 11 is 0. The van der Waals surface area contributed by atoms with Crippen molar-refractivity contribution in [2.75, 3.05) is 19.7 Å². The Morgan fingerprint density at radius 2 is 1.93 bits per heavy atom. The van der Waals surface area contributed by atoms with Gasteiger partial charge in [0.1, 0.15) is 0 Å². The first-order valence-corrected chi connectivity index (χ1v) is 6.58. The number of ether oxygens (including phenoxy) is 1. The molecule has 2 aliphatic rings. The summed E-state index contributed by atoms with van der Waals surface area (Å²) in [6.07, 6.45) is 5.74. The van der Waals surface area contributed by atoms with Crippen LogP contribution >= 0.6 is 0 Å². The molecule has 2 nitrogen and oxygen atoms in total. The second-order valence-corrected chi connectivity index (χ2v) is 5.57. The maximum absolute atomic E-state index is 5.98. The molecule has 0 radical (unpaired) electrons. The molecule has 2 heteroatoms. The zero-order chi connectivity index (χ0) is 10.7. The fourth-order valence-electron chi connectivity index (χ4n) is 2.60. The third-order valence-corrected chi connectivity index (χ3v) is 4.30. The summed E-state index contributed by atoms with van der Waals surface area (Å²) in [6.45, 7) is 8.15. The molecular weight excluding hydrogens is 186 g/mol. The second-order valence-electron chi connectivity index (χ2n) is 5.57. The van der Waals surface area contributed by atoms with Crippen LogP contribution < -0.4 is 5.32 Å². The Morgan fingerprint density at radius 3 is 2.53 bits per heavy atom. The van der Waals surface area contributed by atoms with Crippen molar-refractivity contribution in [3.8, 4) is 0 Å². The molecule has 3 unspecified atom stereocenters. The van der Waals surface area contributed by atoms with Gasteiger partial charge in [0.05, 0.1) is 6.10 Å². The van der Waals surface area contributed by atoms with Gasteiger partial charge in [-0.3, -0.25) is 0 Å². The van der Waals surface area contributed by atoms with Crippen molar-refractivity contribution in [3.63, 3.8) is 0 Å². The highest BCUT2D eigenvalue weighted by Crippen LogP contribution is 2.31. The highest BCUT2D eigenvalue weighted by Gasteiger charge is 2.25. The predicted molar refractivity (Wildman–Crippen MR) is 62.9 cm³/mol. The fourth-order valence-corrected chi connectivity index (χ4v) is 2.60. The van der Waals surface area contributed by atoms with Gasteiger partial charge in [0, 0.05) is 6.61 Å². The third kappa shape index (κ3) is 3.18. The standard InChI is InChI=1S/C13H25NO/c1-10-3-4-13(7-11(10)2)15-6-5-12-8-14-9-12/h10-14H,3-9H2,1-2H3. The van der Waals surface area contributed by atoms with Crippen molar-refractivity contribution in [3.05, 3.63) is 0 Å². The van der Waals surface area contributed by atoms with E-state index in [0.29, 0.717) is 6.10 Å². The number of hydrogen-bond donors (Lipinski definition) is 1. The maximum Gasteiger partial charge on any atom is 0.0577 e. The van der Waals surface area contributed by atoms with Crippen LogP contribution in [0.1, 0.15) is 39.5 Å². The summed E-state index contributed by atoms with van der Waals surface area (Å²) in [5.74, 6) is 2.65. The van der Waals surface area contributed by atoms with Crippen molar-refractivity contribution < 1.29 is 4.74 Å². The number of rotatable bonds is 4. The third-order valence-electron chi connectivity index (χ3n) is 4.30. The van der Waals surface area contributed by atoms with Gasteiger partial charge < -0.3 is 10.1 Å². The van der Waals surface area contributed by atoms with Gasteiger partial charge in [-0.1, -0.05) is 13.8 Å². The van der Waals surface area contributed by atoms with Crippen LogP contribution in [0.5, 0.6) is 0 Å². The molecule has 1 saturated carbocycles. The van der Waals surface area contributed by atoms with Gasteiger partial charge in [-0.2, -0.15) is 0 Å². The molecule has 1 aliphatic carbocycles. The van der Waals surface area contributed by atoms with E-state index in [9.17, 15) is 0 Å². The van der Waals surface area contributed by atoms with E-state index in [1.807, 2.05) is 0 Å². The Hall–Kier alpha value is -0.0800. The smallest absolute Gasteiger partial charge is 0.0577 e. The summed E-state index contributed by atoms with van der Waals surface area (Å²) in [5.41, 5.74) is 0. The van der Waals surface area contributed by atoms with Crippen LogP contribution in [0.25, 0.3) is 0 Å². The molecule has 2 fully saturated rings. The first-order chi connectivity index (χ1) is 7.25. The van der Waals surface area contributed by atoms with E-state index in [-0.39, 0.29) is 0 Å². The van der Waals surface area contributed by atoms with E-state index in [1.165, 1.54) is 38.8 Å². The molecule has 1 N–H and O–H groups in total. The summed E-state index contributed by atoms with van der Waals surface area (Å²) in [5, 5.41) is 3.31. The van der Waals surface area contributed by atoms with Gasteiger partial charge in [0.15, 0.2) is 0 Å². The van der Waals surface area contributed by atoms with Crippen LogP contribution in [0.3, 0.4) is 0 Å². The molecule has 0 amide bonds. The lowest BCUT2D eigenvalue weighted by atomic mass is 9.80. The number of hydrogen-bond acceptors (Lipinski definition) is 2. The van der Waals surface area contributed by atoms with Crippen molar-refractivity contribution in [1.82, 2.24) is 5.32 Å². The van der Waals surface area contributed by atoms with Crippen molar-refractivity contribution >= 4 is 0 Å². The Labute approximate surface area is 93.8 Å². The van der Waals surface area contributed by atoms with E-state index in [1.54, 1.807) is 0 Å². The Kier molecular flexibility index (Phi) is 4.04. The molecule has 1 aliphatic heterocycles. The zero-order valence-corrected chi connectivity index (χ0v) is 10.2. The molecule has 88 valence electrons. The fraction of sp³-hybridized carbons (Fsp3) is 1.00. The minimum absolute atomic E-state index is 0.559. The lowest BCUT2D eigenvalue weighted by Gasteiger charge is -2.33. The molecule has 1 saturated heterocycles. The molecule has 0 bridgehead atoms. The average molecular weight is 211 g/mol. The van der Waals surface area contributed by atoms with Crippen molar-refractivity contribution in [1.29, 1.82) is 0 Å². The van der Waals surface area contributed by atoms with Gasteiger partial charge in [0.25, 0.3) is 0 Å². The first-order valence-electron chi connectivity index (χ1n) is 6.58. The van der Waals surface area contributed by atoms with Gasteiger partial charge >= 0.3 is 0 Å². The summed E-state index contributed by atoms with van der Waals surface area (Å²) in [4.78, 5) is 0. The molecule has 15 heavy (non-hydrogen) atoms. The summed E-state index contributed by atoms with van der Waals surface area (Å²) in [7, 11) is 0. The highest BCUT2D eigenvalue weighted by molar-refractivity contribution is 4.77. The molecule has 0 aromatic heterocycles. The minimum Gasteiger partial charge on any atom is -0.378 e. The van der Waals surface area contributed by atoms with Crippen LogP contribution in [0.4, 0.5) is 0 Å². The average Bonchev–Trinajstić information content (AvgIpc) is 2.15. The Balaban J connectivity index is 1.58. The maximum atomic E-state index is 5.98. The molecule has 0 spiro atoms. The lowest BCUT2D eigenvalue weighted by molar-refractivity contribution is -0.00510. The van der Waals surface area contributed by atoms with Crippen molar-refractivity contribution in [2.45, 2.75) is 45.6 Å². The molecule has 3 atom stereocenters. The van der Waals surface area contributed by atoms with E-state index < -0.39 is 0 Å². The molecule has 0 aromatic rings. The first kappa shape index (κ1) is 11.4. The van der Waals surface area contributed by atoms with Gasteiger partial charge in [-0.05, 0) is 56.5 Å². The van der Waals surface area contributed by atoms with E-state index in [0.717, 1.165) is 24.4 Å². The predicted octanol–water partition coefficient (Wildman–Crippen LogP) is 2.44. The monoisotopic (exact) mass is 211 g/mol. The molecule has 1 heterocycles. The van der Waals surface area contributed by atoms with Crippen LogP contribution in [0, 0.1) is 17.8 Å². The summed E-state index contributed by atoms with van der Waals surface area (Å²) in [6, 6.07) is 0. The van der Waals surface area contributed by atoms with Gasteiger partial charge in [-0.25, -0.2) is 0 Å². The quantitative estimate of drug-likeness (QED) is 0.771. The highest BCUT2D eigenvalue weighted by atomic mass is 16.5. The van der Waals surface area contributed by atoms with E-state index in [4.69, 9.17) is 4.74 Å². The van der Waals surface area contributed by atoms with Crippen LogP contribution in [-0.2, 0) is 4.74 Å². The van der Waals surface area contributed by atoms with Gasteiger partial charge in [-0.15, -0.1) is 0 Å².